The molecule has 0 saturated carbocycles. The summed E-state index contributed by atoms with van der Waals surface area (Å²) >= 11 is 0. The van der Waals surface area contributed by atoms with Gasteiger partial charge in [-0.1, -0.05) is 48.5 Å². The van der Waals surface area contributed by atoms with Crippen molar-refractivity contribution in [3.8, 4) is 11.1 Å². The first kappa shape index (κ1) is 17.6. The molecule has 1 atom stereocenters. The van der Waals surface area contributed by atoms with Crippen molar-refractivity contribution < 1.29 is 13.6 Å². The molecule has 0 unspecified atom stereocenters. The number of nitrogens with zero attached hydrogens (tertiary/aromatic N) is 2. The maximum atomic E-state index is 14.1. The molecule has 1 amide bonds. The molecular weight excluding hydrogens is 367 g/mol. The summed E-state index contributed by atoms with van der Waals surface area (Å²) in [5.74, 6) is -0.321. The highest BCUT2D eigenvalue weighted by atomic mass is 19.1. The Morgan fingerprint density at radius 2 is 1.79 bits per heavy atom. The molecule has 144 valence electrons. The largest absolute Gasteiger partial charge is 0.438 e. The fourth-order valence-electron chi connectivity index (χ4n) is 3.95. The molecule has 0 bridgehead atoms. The number of hydrogen-bond donors (Lipinski definition) is 0. The van der Waals surface area contributed by atoms with Crippen LogP contribution in [0.1, 0.15) is 35.1 Å². The molecule has 1 aliphatic rings. The molecule has 0 aliphatic carbocycles. The topological polar surface area (TPSA) is 46.3 Å². The van der Waals surface area contributed by atoms with Crippen LogP contribution in [-0.4, -0.2) is 22.3 Å². The van der Waals surface area contributed by atoms with E-state index in [2.05, 4.69) is 4.98 Å². The second-order valence-electron chi connectivity index (χ2n) is 7.24. The van der Waals surface area contributed by atoms with Gasteiger partial charge in [0, 0.05) is 6.54 Å². The summed E-state index contributed by atoms with van der Waals surface area (Å²) in [5.41, 5.74) is 3.69. The molecule has 29 heavy (non-hydrogen) atoms. The monoisotopic (exact) mass is 386 g/mol. The molecule has 2 heterocycles. The number of hydrogen-bond acceptors (Lipinski definition) is 3. The number of halogens is 1. The van der Waals surface area contributed by atoms with Crippen molar-refractivity contribution in [2.24, 2.45) is 0 Å². The quantitative estimate of drug-likeness (QED) is 0.460. The van der Waals surface area contributed by atoms with Crippen molar-refractivity contribution in [3.63, 3.8) is 0 Å². The minimum Gasteiger partial charge on any atom is -0.438 e. The summed E-state index contributed by atoms with van der Waals surface area (Å²) in [6, 6.07) is 21.8. The summed E-state index contributed by atoms with van der Waals surface area (Å²) in [5, 5.41) is 0. The Balaban J connectivity index is 1.48. The van der Waals surface area contributed by atoms with E-state index < -0.39 is 5.82 Å². The fraction of sp³-hybridized carbons (Fsp3) is 0.167. The summed E-state index contributed by atoms with van der Waals surface area (Å²) in [6.45, 7) is 0.561. The lowest BCUT2D eigenvalue weighted by Crippen LogP contribution is -2.31. The standard InChI is InChI=1S/C24H19FN2O2/c25-19-10-5-4-9-18(19)24(28)27-14-6-11-21(27)23-26-20-15-17(12-13-22(20)29-23)16-7-2-1-3-8-16/h1-5,7-10,12-13,15,21H,6,11,14H2/t21-/m0/s1. The molecule has 3 aromatic carbocycles. The molecule has 5 heteroatoms. The number of oxazole rings is 1. The van der Waals surface area contributed by atoms with Crippen LogP contribution in [0.5, 0.6) is 0 Å². The van der Waals surface area contributed by atoms with Crippen molar-refractivity contribution >= 4 is 17.0 Å². The first-order valence-corrected chi connectivity index (χ1v) is 9.72. The Morgan fingerprint density at radius 1 is 1.00 bits per heavy atom. The van der Waals surface area contributed by atoms with Gasteiger partial charge >= 0.3 is 0 Å². The van der Waals surface area contributed by atoms with Crippen LogP contribution in [-0.2, 0) is 0 Å². The van der Waals surface area contributed by atoms with Crippen LogP contribution in [0.2, 0.25) is 0 Å². The zero-order valence-corrected chi connectivity index (χ0v) is 15.7. The van der Waals surface area contributed by atoms with E-state index in [1.165, 1.54) is 12.1 Å². The predicted octanol–water partition coefficient (Wildman–Crippen LogP) is 5.61. The number of rotatable bonds is 3. The van der Waals surface area contributed by atoms with Crippen LogP contribution in [0.25, 0.3) is 22.2 Å². The Bertz CT molecular complexity index is 1190. The normalized spacial score (nSPS) is 16.4. The molecular formula is C24H19FN2O2. The number of aromatic nitrogens is 1. The van der Waals surface area contributed by atoms with E-state index in [1.54, 1.807) is 17.0 Å². The van der Waals surface area contributed by atoms with Gasteiger partial charge in [0.15, 0.2) is 5.58 Å². The SMILES string of the molecule is O=C(c1ccccc1F)N1CCC[C@H]1c1nc2cc(-c3ccccc3)ccc2o1. The summed E-state index contributed by atoms with van der Waals surface area (Å²) < 4.78 is 20.1. The van der Waals surface area contributed by atoms with Crippen LogP contribution < -0.4 is 0 Å². The predicted molar refractivity (Wildman–Crippen MR) is 109 cm³/mol. The molecule has 1 saturated heterocycles. The average molecular weight is 386 g/mol. The van der Waals surface area contributed by atoms with E-state index in [1.807, 2.05) is 48.5 Å². The van der Waals surface area contributed by atoms with Crippen LogP contribution in [0.15, 0.2) is 77.2 Å². The second-order valence-corrected chi connectivity index (χ2v) is 7.24. The minimum absolute atomic E-state index is 0.0851. The Labute approximate surface area is 167 Å². The lowest BCUT2D eigenvalue weighted by Gasteiger charge is -2.22. The average Bonchev–Trinajstić information content (AvgIpc) is 3.40. The first-order chi connectivity index (χ1) is 14.2. The maximum absolute atomic E-state index is 14.1. The van der Waals surface area contributed by atoms with Crippen LogP contribution in [0.3, 0.4) is 0 Å². The van der Waals surface area contributed by atoms with Crippen LogP contribution >= 0.6 is 0 Å². The van der Waals surface area contributed by atoms with Gasteiger partial charge in [-0.05, 0) is 48.2 Å². The van der Waals surface area contributed by atoms with Gasteiger partial charge in [-0.25, -0.2) is 9.37 Å². The number of benzene rings is 3. The molecule has 1 aromatic heterocycles. The highest BCUT2D eigenvalue weighted by Gasteiger charge is 2.34. The Kier molecular flexibility index (Phi) is 4.35. The van der Waals surface area contributed by atoms with E-state index in [9.17, 15) is 9.18 Å². The van der Waals surface area contributed by atoms with Crippen molar-refractivity contribution in [2.45, 2.75) is 18.9 Å². The molecule has 5 rings (SSSR count). The minimum atomic E-state index is -0.506. The maximum Gasteiger partial charge on any atom is 0.257 e. The second kappa shape index (κ2) is 7.17. The molecule has 0 spiro atoms. The Morgan fingerprint density at radius 3 is 2.62 bits per heavy atom. The van der Waals surface area contributed by atoms with Gasteiger partial charge in [0.25, 0.3) is 5.91 Å². The van der Waals surface area contributed by atoms with Gasteiger partial charge in [-0.15, -0.1) is 0 Å². The third-order valence-electron chi connectivity index (χ3n) is 5.41. The van der Waals surface area contributed by atoms with E-state index in [0.29, 0.717) is 18.0 Å². The van der Waals surface area contributed by atoms with Gasteiger partial charge in [0.05, 0.1) is 5.56 Å². The lowest BCUT2D eigenvalue weighted by molar-refractivity contribution is 0.0712. The molecule has 4 nitrogen and oxygen atoms in total. The number of carbonyl (C=O) groups excluding carboxylic acids is 1. The van der Waals surface area contributed by atoms with Gasteiger partial charge in [0.2, 0.25) is 5.89 Å². The highest BCUT2D eigenvalue weighted by Crippen LogP contribution is 2.35. The van der Waals surface area contributed by atoms with Crippen LogP contribution in [0, 0.1) is 5.82 Å². The summed E-state index contributed by atoms with van der Waals surface area (Å²) in [4.78, 5) is 19.3. The number of likely N-dealkylation sites (tertiary alicyclic amines) is 1. The van der Waals surface area contributed by atoms with Crippen molar-refractivity contribution in [2.75, 3.05) is 6.54 Å². The van der Waals surface area contributed by atoms with Gasteiger partial charge in [-0.3, -0.25) is 4.79 Å². The summed E-state index contributed by atoms with van der Waals surface area (Å²) in [6.07, 6.45) is 1.58. The number of amides is 1. The van der Waals surface area contributed by atoms with Crippen molar-refractivity contribution in [3.05, 3.63) is 90.1 Å². The smallest absolute Gasteiger partial charge is 0.257 e. The van der Waals surface area contributed by atoms with Crippen molar-refractivity contribution in [1.82, 2.24) is 9.88 Å². The number of carbonyl (C=O) groups is 1. The van der Waals surface area contributed by atoms with Crippen molar-refractivity contribution in [1.29, 1.82) is 0 Å². The molecule has 1 aliphatic heterocycles. The molecule has 0 radical (unpaired) electrons. The Hall–Kier alpha value is -3.47. The number of fused-ring (bicyclic) bond motifs is 1. The molecule has 0 N–H and O–H groups in total. The lowest BCUT2D eigenvalue weighted by atomic mass is 10.1. The van der Waals surface area contributed by atoms with Crippen LogP contribution in [0.4, 0.5) is 4.39 Å². The molecule has 1 fully saturated rings. The van der Waals surface area contributed by atoms with E-state index >= 15 is 0 Å². The zero-order valence-electron chi connectivity index (χ0n) is 15.7. The first-order valence-electron chi connectivity index (χ1n) is 9.72. The summed E-state index contributed by atoms with van der Waals surface area (Å²) in [7, 11) is 0. The zero-order chi connectivity index (χ0) is 19.8. The fourth-order valence-corrected chi connectivity index (χ4v) is 3.95. The van der Waals surface area contributed by atoms with E-state index in [0.717, 1.165) is 29.5 Å². The van der Waals surface area contributed by atoms with Gasteiger partial charge in [-0.2, -0.15) is 0 Å². The third-order valence-corrected chi connectivity index (χ3v) is 5.41. The highest BCUT2D eigenvalue weighted by molar-refractivity contribution is 5.95. The molecule has 4 aromatic rings. The van der Waals surface area contributed by atoms with E-state index in [4.69, 9.17) is 4.42 Å². The van der Waals surface area contributed by atoms with E-state index in [-0.39, 0.29) is 17.5 Å². The third kappa shape index (κ3) is 3.18. The van der Waals surface area contributed by atoms with Gasteiger partial charge < -0.3 is 9.32 Å². The van der Waals surface area contributed by atoms with Gasteiger partial charge in [0.1, 0.15) is 17.4 Å².